The lowest BCUT2D eigenvalue weighted by Crippen LogP contribution is -2.61. The van der Waals surface area contributed by atoms with Crippen LogP contribution in [0.1, 0.15) is 115 Å². The van der Waals surface area contributed by atoms with E-state index in [0.717, 1.165) is 0 Å². The third kappa shape index (κ3) is 16.4. The highest BCUT2D eigenvalue weighted by Gasteiger charge is 2.43. The van der Waals surface area contributed by atoms with E-state index in [1.54, 1.807) is 6.08 Å². The molecule has 12 heteroatoms. The molecule has 1 saturated heterocycles. The number of likely N-dealkylation sites (tertiary alicyclic amines) is 1. The molecule has 0 aliphatic carbocycles. The van der Waals surface area contributed by atoms with Gasteiger partial charge in [-0.15, -0.1) is 6.58 Å². The summed E-state index contributed by atoms with van der Waals surface area (Å²) < 4.78 is 0. The minimum absolute atomic E-state index is 0.00409. The normalized spacial score (nSPS) is 16.2. The number of nitrogens with zero attached hydrogens (tertiary/aromatic N) is 1. The Kier molecular flexibility index (Phi) is 17.1. The quantitative estimate of drug-likeness (QED) is 0.163. The van der Waals surface area contributed by atoms with Gasteiger partial charge in [-0.05, 0) is 72.6 Å². The lowest BCUT2D eigenvalue weighted by molar-refractivity contribution is -0.143. The minimum Gasteiger partial charge on any atom is -0.351 e. The van der Waals surface area contributed by atoms with Crippen molar-refractivity contribution in [2.75, 3.05) is 13.1 Å². The van der Waals surface area contributed by atoms with Crippen LogP contribution < -0.4 is 26.6 Å². The number of hydrogen-bond acceptors (Lipinski definition) is 6. The molecule has 12 nitrogen and oxygen atoms in total. The third-order valence-corrected chi connectivity index (χ3v) is 6.38. The van der Waals surface area contributed by atoms with E-state index < -0.39 is 64.2 Å². The van der Waals surface area contributed by atoms with E-state index in [9.17, 15) is 28.8 Å². The highest BCUT2D eigenvalue weighted by atomic mass is 16.2. The molecule has 1 aliphatic rings. The van der Waals surface area contributed by atoms with E-state index in [4.69, 9.17) is 0 Å². The summed E-state index contributed by atoms with van der Waals surface area (Å²) in [5.41, 5.74) is -1.59. The average molecular weight is 637 g/mol. The maximum atomic E-state index is 13.7. The summed E-state index contributed by atoms with van der Waals surface area (Å²) in [6.07, 6.45) is 4.28. The van der Waals surface area contributed by atoms with Crippen molar-refractivity contribution in [3.8, 4) is 0 Å². The Morgan fingerprint density at radius 3 is 1.93 bits per heavy atom. The number of urea groups is 1. The van der Waals surface area contributed by atoms with Crippen molar-refractivity contribution >= 4 is 35.4 Å². The summed E-state index contributed by atoms with van der Waals surface area (Å²) in [7, 11) is 0. The molecule has 258 valence electrons. The van der Waals surface area contributed by atoms with Crippen LogP contribution in [0.15, 0.2) is 12.7 Å². The largest absolute Gasteiger partial charge is 0.351 e. The second-order valence-electron chi connectivity index (χ2n) is 14.6. The molecule has 2 unspecified atom stereocenters. The van der Waals surface area contributed by atoms with E-state index in [2.05, 4.69) is 47.0 Å². The molecule has 6 amide bonds. The van der Waals surface area contributed by atoms with Crippen molar-refractivity contribution in [2.45, 2.75) is 144 Å². The summed E-state index contributed by atoms with van der Waals surface area (Å²) in [6.45, 7) is 24.7. The molecule has 45 heavy (non-hydrogen) atoms. The number of carbonyl (C=O) groups excluding carboxylic acids is 6. The molecule has 1 aliphatic heterocycles. The van der Waals surface area contributed by atoms with E-state index in [1.165, 1.54) is 11.3 Å². The molecule has 5 N–H and O–H groups in total. The number of carbonyl (C=O) groups is 6. The number of hydrogen-bond donors (Lipinski definition) is 5. The van der Waals surface area contributed by atoms with Gasteiger partial charge in [-0.1, -0.05) is 47.1 Å². The number of nitrogens with one attached hydrogen (secondary N) is 5. The summed E-state index contributed by atoms with van der Waals surface area (Å²) in [5, 5.41) is 13.5. The number of allylic oxidation sites excluding steroid dienone is 1. The van der Waals surface area contributed by atoms with Gasteiger partial charge in [0.2, 0.25) is 23.5 Å². The van der Waals surface area contributed by atoms with Crippen LogP contribution in [0, 0.1) is 5.41 Å². The fourth-order valence-electron chi connectivity index (χ4n) is 4.46. The van der Waals surface area contributed by atoms with Crippen LogP contribution in [-0.2, 0) is 24.0 Å². The van der Waals surface area contributed by atoms with Crippen LogP contribution >= 0.6 is 0 Å². The van der Waals surface area contributed by atoms with Crippen LogP contribution in [0.4, 0.5) is 4.79 Å². The first kappa shape index (κ1) is 41.6. The number of rotatable bonds is 12. The van der Waals surface area contributed by atoms with Gasteiger partial charge < -0.3 is 31.5 Å². The summed E-state index contributed by atoms with van der Waals surface area (Å²) in [4.78, 5) is 78.8. The van der Waals surface area contributed by atoms with Gasteiger partial charge in [-0.3, -0.25) is 24.0 Å². The fourth-order valence-corrected chi connectivity index (χ4v) is 4.46. The molecule has 0 aromatic heterocycles. The predicted octanol–water partition coefficient (Wildman–Crippen LogP) is 3.35. The second-order valence-corrected chi connectivity index (χ2v) is 14.6. The zero-order chi connectivity index (χ0) is 35.2. The Bertz CT molecular complexity index is 1040. The molecule has 1 rings (SSSR count). The van der Waals surface area contributed by atoms with Gasteiger partial charge >= 0.3 is 6.03 Å². The second kappa shape index (κ2) is 18.5. The van der Waals surface area contributed by atoms with E-state index >= 15 is 0 Å². The fraction of sp³-hybridized carbons (Fsp3) is 0.758. The number of Topliss-reactive ketones (excluding diaryl/α,β-unsaturated/α-hetero) is 1. The van der Waals surface area contributed by atoms with E-state index in [-0.39, 0.29) is 25.3 Å². The monoisotopic (exact) mass is 636 g/mol. The van der Waals surface area contributed by atoms with Crippen molar-refractivity contribution in [2.24, 2.45) is 5.41 Å². The van der Waals surface area contributed by atoms with Crippen LogP contribution in [0.3, 0.4) is 0 Å². The van der Waals surface area contributed by atoms with Gasteiger partial charge in [0.05, 0.1) is 6.04 Å². The van der Waals surface area contributed by atoms with Gasteiger partial charge in [0.25, 0.3) is 5.91 Å². The summed E-state index contributed by atoms with van der Waals surface area (Å²) in [5.74, 6) is -2.96. The number of ketones is 1. The van der Waals surface area contributed by atoms with Crippen LogP contribution in [0.2, 0.25) is 0 Å². The first-order valence-electron chi connectivity index (χ1n) is 16.0. The Morgan fingerprint density at radius 1 is 0.889 bits per heavy atom. The lowest BCUT2D eigenvalue weighted by Gasteiger charge is -2.36. The van der Waals surface area contributed by atoms with Gasteiger partial charge in [-0.25, -0.2) is 4.79 Å². The first-order valence-corrected chi connectivity index (χ1v) is 16.0. The Balaban J connectivity index is 0.00000618. The van der Waals surface area contributed by atoms with Crippen LogP contribution in [0.5, 0.6) is 0 Å². The van der Waals surface area contributed by atoms with E-state index in [0.29, 0.717) is 25.8 Å². The molecular formula is C33H60N6O6. The zero-order valence-corrected chi connectivity index (χ0v) is 29.6. The van der Waals surface area contributed by atoms with E-state index in [1.807, 2.05) is 62.3 Å². The predicted molar refractivity (Wildman–Crippen MR) is 177 cm³/mol. The Labute approximate surface area is 270 Å². The van der Waals surface area contributed by atoms with Gasteiger partial charge in [0.1, 0.15) is 12.1 Å². The molecule has 3 atom stereocenters. The molecule has 0 aromatic rings. The van der Waals surface area contributed by atoms with Gasteiger partial charge in [0.15, 0.2) is 0 Å². The highest BCUT2D eigenvalue weighted by molar-refractivity contribution is 6.38. The third-order valence-electron chi connectivity index (χ3n) is 6.38. The summed E-state index contributed by atoms with van der Waals surface area (Å²) in [6, 6.07) is -3.40. The molecule has 1 fully saturated rings. The SMILES string of the molecule is C=CCCC(NC(=O)[C@@H]1CCCN1C(=O)C(NC(=O)NC(C)(C)C)C(C)(C)C)C(=O)C(=O)NCCC(=O)NC(C)(C)C.CCC. The topological polar surface area (TPSA) is 166 Å². The molecule has 0 spiro atoms. The van der Waals surface area contributed by atoms with Crippen molar-refractivity contribution in [3.05, 3.63) is 12.7 Å². The molecule has 0 radical (unpaired) electrons. The smallest absolute Gasteiger partial charge is 0.315 e. The molecule has 1 heterocycles. The van der Waals surface area contributed by atoms with Gasteiger partial charge in [0, 0.05) is 30.6 Å². The molecule has 0 saturated carbocycles. The Hall–Kier alpha value is -3.44. The van der Waals surface area contributed by atoms with Crippen molar-refractivity contribution in [1.29, 1.82) is 0 Å². The first-order chi connectivity index (χ1) is 20.6. The Morgan fingerprint density at radius 2 is 1.44 bits per heavy atom. The molecule has 0 aromatic carbocycles. The maximum Gasteiger partial charge on any atom is 0.315 e. The molecule has 0 bridgehead atoms. The maximum absolute atomic E-state index is 13.7. The average Bonchev–Trinajstić information content (AvgIpc) is 3.37. The minimum atomic E-state index is -1.13. The number of amides is 6. The van der Waals surface area contributed by atoms with Crippen molar-refractivity contribution in [1.82, 2.24) is 31.5 Å². The summed E-state index contributed by atoms with van der Waals surface area (Å²) >= 11 is 0. The van der Waals surface area contributed by atoms with Crippen molar-refractivity contribution < 1.29 is 28.8 Å². The zero-order valence-electron chi connectivity index (χ0n) is 29.6. The molecular weight excluding hydrogens is 576 g/mol. The van der Waals surface area contributed by atoms with Crippen molar-refractivity contribution in [3.63, 3.8) is 0 Å². The van der Waals surface area contributed by atoms with Crippen LogP contribution in [0.25, 0.3) is 0 Å². The van der Waals surface area contributed by atoms with Gasteiger partial charge in [-0.2, -0.15) is 0 Å². The van der Waals surface area contributed by atoms with Crippen LogP contribution in [-0.4, -0.2) is 82.6 Å². The standard InChI is InChI=1S/C30H52N6O6.C3H8/c1-11-12-14-19(22(38)25(40)31-17-16-21(37)34-29(5,6)7)32-24(39)20-15-13-18-36(20)26(41)23(28(2,3)4)33-27(42)35-30(8,9)10;1-3-2/h11,19-20,23H,1,12-18H2,2-10H3,(H,31,40)(H,32,39)(H,34,37)(H2,33,35,42);3H2,1-2H3/t19?,20-,23?;/m0./s1. The highest BCUT2D eigenvalue weighted by Crippen LogP contribution is 2.26. The lowest BCUT2D eigenvalue weighted by atomic mass is 9.85.